The number of hydrogen-bond acceptors (Lipinski definition) is 6. The zero-order valence-electron chi connectivity index (χ0n) is 25.0. The van der Waals surface area contributed by atoms with Crippen LogP contribution in [-0.2, 0) is 35.8 Å². The van der Waals surface area contributed by atoms with Crippen LogP contribution in [0.25, 0.3) is 0 Å². The summed E-state index contributed by atoms with van der Waals surface area (Å²) in [5.74, 6) is -1.58. The number of carboxylic acids is 1. The number of carbonyl (C=O) groups is 1. The fourth-order valence-electron chi connectivity index (χ4n) is 6.27. The van der Waals surface area contributed by atoms with Crippen LogP contribution in [-0.4, -0.2) is 55.0 Å². The SMILES string of the molecule is CC1(C)C(/C=C/C=C/C=C2/N(c3ccccc3)c3ccccc3C2(C)CS(=O)(=O)O)=[N+](CC(=O)O)c2ccc(S(N)(=O)=O)cc21. The number of sulfonamides is 1. The topological polar surface area (TPSA) is 158 Å². The zero-order valence-corrected chi connectivity index (χ0v) is 26.6. The molecule has 1 atom stereocenters. The minimum atomic E-state index is -4.37. The first-order valence-corrected chi connectivity index (χ1v) is 17.2. The second kappa shape index (κ2) is 11.5. The van der Waals surface area contributed by atoms with E-state index in [0.717, 1.165) is 16.9 Å². The van der Waals surface area contributed by atoms with Crippen molar-refractivity contribution in [2.24, 2.45) is 5.14 Å². The predicted molar refractivity (Wildman–Crippen MR) is 173 cm³/mol. The molecule has 2 aliphatic rings. The molecule has 4 N–H and O–H groups in total. The number of allylic oxidation sites excluding steroid dienone is 6. The molecule has 2 heterocycles. The normalized spacial score (nSPS) is 20.4. The molecule has 0 aliphatic carbocycles. The number of fused-ring (bicyclic) bond motifs is 2. The summed E-state index contributed by atoms with van der Waals surface area (Å²) in [6.07, 6.45) is 8.81. The average Bonchev–Trinajstić information content (AvgIpc) is 3.31. The van der Waals surface area contributed by atoms with Gasteiger partial charge in [-0.2, -0.15) is 13.0 Å². The lowest BCUT2D eigenvalue weighted by atomic mass is 9.81. The van der Waals surface area contributed by atoms with Crippen LogP contribution in [0.5, 0.6) is 0 Å². The van der Waals surface area contributed by atoms with E-state index < -0.39 is 42.7 Å². The highest BCUT2D eigenvalue weighted by molar-refractivity contribution is 7.89. The highest BCUT2D eigenvalue weighted by Crippen LogP contribution is 2.51. The van der Waals surface area contributed by atoms with Crippen LogP contribution < -0.4 is 10.0 Å². The molecule has 45 heavy (non-hydrogen) atoms. The van der Waals surface area contributed by atoms with Crippen molar-refractivity contribution in [3.63, 3.8) is 0 Å². The zero-order chi connectivity index (χ0) is 32.8. The van der Waals surface area contributed by atoms with Crippen molar-refractivity contribution < 1.29 is 35.9 Å². The van der Waals surface area contributed by atoms with Crippen molar-refractivity contribution in [2.45, 2.75) is 36.5 Å². The lowest BCUT2D eigenvalue weighted by Gasteiger charge is -2.29. The number of nitrogens with zero attached hydrogens (tertiary/aromatic N) is 2. The summed E-state index contributed by atoms with van der Waals surface area (Å²) >= 11 is 0. The Morgan fingerprint density at radius 1 is 0.911 bits per heavy atom. The molecule has 10 nitrogen and oxygen atoms in total. The summed E-state index contributed by atoms with van der Waals surface area (Å²) in [4.78, 5) is 13.7. The third kappa shape index (κ3) is 6.14. The summed E-state index contributed by atoms with van der Waals surface area (Å²) in [7, 11) is -8.34. The molecule has 0 bridgehead atoms. The molecular formula is C33H34N3O7S2+. The van der Waals surface area contributed by atoms with Gasteiger partial charge < -0.3 is 10.0 Å². The summed E-state index contributed by atoms with van der Waals surface area (Å²) < 4.78 is 60.1. The maximum absolute atomic E-state index is 12.2. The summed E-state index contributed by atoms with van der Waals surface area (Å²) in [6.45, 7) is 5.20. The van der Waals surface area contributed by atoms with E-state index in [1.54, 1.807) is 47.9 Å². The van der Waals surface area contributed by atoms with Gasteiger partial charge in [-0.05, 0) is 62.7 Å². The Balaban J connectivity index is 1.56. The number of primary sulfonamides is 1. The Labute approximate surface area is 262 Å². The molecule has 5 rings (SSSR count). The van der Waals surface area contributed by atoms with E-state index in [-0.39, 0.29) is 11.4 Å². The third-order valence-corrected chi connectivity index (χ3v) is 10.1. The standard InChI is InChI=1S/C33H33N3O7S2/c1-32(2)26-20-24(45(34,42)43)18-19-27(26)35(21-31(37)38)29(32)16-8-5-9-17-30-33(3,22-44(39,40)41)25-14-10-11-15-28(25)36(30)23-12-6-4-7-13-23/h4-20H,21-22H2,1-3H3,(H3-,34,37,38,39,40,41,42,43)/p+1. The van der Waals surface area contributed by atoms with Gasteiger partial charge in [0, 0.05) is 29.1 Å². The average molecular weight is 649 g/mol. The van der Waals surface area contributed by atoms with Crippen LogP contribution >= 0.6 is 0 Å². The Bertz CT molecular complexity index is 2030. The fourth-order valence-corrected chi connectivity index (χ4v) is 7.85. The Morgan fingerprint density at radius 2 is 1.58 bits per heavy atom. The molecule has 234 valence electrons. The van der Waals surface area contributed by atoms with Crippen molar-refractivity contribution in [1.82, 2.24) is 0 Å². The Morgan fingerprint density at radius 3 is 2.22 bits per heavy atom. The first-order valence-electron chi connectivity index (χ1n) is 14.0. The van der Waals surface area contributed by atoms with E-state index in [2.05, 4.69) is 0 Å². The van der Waals surface area contributed by atoms with Crippen LogP contribution in [0.15, 0.2) is 114 Å². The highest BCUT2D eigenvalue weighted by Gasteiger charge is 2.47. The predicted octanol–water partition coefficient (Wildman–Crippen LogP) is 4.79. The molecule has 0 fully saturated rings. The number of anilines is 2. The first kappa shape index (κ1) is 32.0. The fraction of sp³-hybridized carbons (Fsp3) is 0.212. The van der Waals surface area contributed by atoms with Crippen molar-refractivity contribution in [2.75, 3.05) is 17.2 Å². The van der Waals surface area contributed by atoms with Crippen molar-refractivity contribution in [3.8, 4) is 0 Å². The number of carboxylic acid groups (broad SMARTS) is 1. The third-order valence-electron chi connectivity index (χ3n) is 8.25. The number of rotatable bonds is 9. The van der Waals surface area contributed by atoms with Gasteiger partial charge in [0.15, 0.2) is 5.71 Å². The van der Waals surface area contributed by atoms with Crippen LogP contribution in [0.2, 0.25) is 0 Å². The number of aliphatic carboxylic acids is 1. The molecule has 0 saturated carbocycles. The first-order chi connectivity index (χ1) is 21.0. The minimum Gasteiger partial charge on any atom is -0.477 e. The molecule has 2 aliphatic heterocycles. The van der Waals surface area contributed by atoms with Crippen LogP contribution in [0.1, 0.15) is 31.9 Å². The number of nitrogens with two attached hydrogens (primary N) is 1. The van der Waals surface area contributed by atoms with E-state index in [4.69, 9.17) is 5.14 Å². The second-order valence-corrected chi connectivity index (χ2v) is 14.8. The smallest absolute Gasteiger partial charge is 0.370 e. The second-order valence-electron chi connectivity index (χ2n) is 11.8. The number of benzene rings is 3. The number of hydrogen-bond donors (Lipinski definition) is 3. The van der Waals surface area contributed by atoms with Crippen LogP contribution in [0.4, 0.5) is 17.1 Å². The molecule has 0 radical (unpaired) electrons. The molecular weight excluding hydrogens is 615 g/mol. The van der Waals surface area contributed by atoms with E-state index in [0.29, 0.717) is 22.7 Å². The maximum Gasteiger partial charge on any atom is 0.370 e. The van der Waals surface area contributed by atoms with Gasteiger partial charge >= 0.3 is 5.97 Å². The Kier molecular flexibility index (Phi) is 8.21. The molecule has 3 aromatic carbocycles. The maximum atomic E-state index is 12.2. The van der Waals surface area contributed by atoms with Gasteiger partial charge in [0.05, 0.1) is 27.2 Å². The highest BCUT2D eigenvalue weighted by atomic mass is 32.2. The van der Waals surface area contributed by atoms with E-state index >= 15 is 0 Å². The van der Waals surface area contributed by atoms with Gasteiger partial charge in [0.1, 0.15) is 0 Å². The van der Waals surface area contributed by atoms with Gasteiger partial charge in [-0.3, -0.25) is 4.55 Å². The van der Waals surface area contributed by atoms with Crippen LogP contribution in [0, 0.1) is 0 Å². The van der Waals surface area contributed by atoms with E-state index in [1.807, 2.05) is 73.3 Å². The molecule has 1 unspecified atom stereocenters. The summed E-state index contributed by atoms with van der Waals surface area (Å²) in [5.41, 5.74) is 3.04. The van der Waals surface area contributed by atoms with Gasteiger partial charge in [-0.15, -0.1) is 0 Å². The van der Waals surface area contributed by atoms with Crippen molar-refractivity contribution in [1.29, 1.82) is 0 Å². The molecule has 0 amide bonds. The molecule has 0 saturated heterocycles. The van der Waals surface area contributed by atoms with Gasteiger partial charge in [0.2, 0.25) is 22.3 Å². The minimum absolute atomic E-state index is 0.0603. The quantitative estimate of drug-likeness (QED) is 0.170. The monoisotopic (exact) mass is 648 g/mol. The van der Waals surface area contributed by atoms with Crippen molar-refractivity contribution in [3.05, 3.63) is 120 Å². The summed E-state index contributed by atoms with van der Waals surface area (Å²) in [5, 5.41) is 15.0. The molecule has 12 heteroatoms. The molecule has 0 aromatic heterocycles. The van der Waals surface area contributed by atoms with Gasteiger partial charge in [-0.25, -0.2) is 18.4 Å². The molecule has 0 spiro atoms. The van der Waals surface area contributed by atoms with Gasteiger partial charge in [-0.1, -0.05) is 54.6 Å². The van der Waals surface area contributed by atoms with E-state index in [9.17, 15) is 31.3 Å². The lowest BCUT2D eigenvalue weighted by Crippen LogP contribution is -2.33. The summed E-state index contributed by atoms with van der Waals surface area (Å²) in [6, 6.07) is 21.4. The largest absolute Gasteiger partial charge is 0.477 e. The van der Waals surface area contributed by atoms with Crippen LogP contribution in [0.3, 0.4) is 0 Å². The lowest BCUT2D eigenvalue weighted by molar-refractivity contribution is -0.428. The van der Waals surface area contributed by atoms with Gasteiger partial charge in [0.25, 0.3) is 10.1 Å². The van der Waals surface area contributed by atoms with Crippen molar-refractivity contribution >= 4 is 48.9 Å². The Hall–Kier alpha value is -4.36. The molecule has 3 aromatic rings. The van der Waals surface area contributed by atoms with E-state index in [1.165, 1.54) is 12.1 Å². The number of para-hydroxylation sites is 2.